The van der Waals surface area contributed by atoms with E-state index in [4.69, 9.17) is 21.2 Å². The van der Waals surface area contributed by atoms with Crippen LogP contribution in [-0.4, -0.2) is 56.2 Å². The highest BCUT2D eigenvalue weighted by atomic mass is 35.5. The largest absolute Gasteiger partial charge is 0.435 e. The molecule has 5 rings (SSSR count). The Morgan fingerprint density at radius 2 is 1.94 bits per heavy atom. The van der Waals surface area contributed by atoms with Crippen LogP contribution < -0.4 is 0 Å². The Kier molecular flexibility index (Phi) is 5.46. The van der Waals surface area contributed by atoms with Crippen molar-refractivity contribution in [1.29, 1.82) is 0 Å². The summed E-state index contributed by atoms with van der Waals surface area (Å²) in [6, 6.07) is 10.6. The summed E-state index contributed by atoms with van der Waals surface area (Å²) in [5.74, 6) is -1.06. The maximum Gasteiger partial charge on any atom is 0.435 e. The lowest BCUT2D eigenvalue weighted by atomic mass is 9.83. The number of hydrogen-bond acceptors (Lipinski definition) is 6. The van der Waals surface area contributed by atoms with E-state index in [0.29, 0.717) is 5.56 Å². The fourth-order valence-electron chi connectivity index (χ4n) is 4.75. The number of rotatable bonds is 4. The lowest BCUT2D eigenvalue weighted by Gasteiger charge is -2.47. The number of sulfone groups is 1. The second kappa shape index (κ2) is 7.94. The molecule has 1 fully saturated rings. The average molecular weight is 529 g/mol. The van der Waals surface area contributed by atoms with Crippen LogP contribution in [-0.2, 0) is 42.0 Å². The molecule has 1 amide bonds. The highest BCUT2D eigenvalue weighted by Gasteiger charge is 2.62. The van der Waals surface area contributed by atoms with Crippen molar-refractivity contribution in [2.45, 2.75) is 30.4 Å². The van der Waals surface area contributed by atoms with Gasteiger partial charge in [-0.2, -0.15) is 13.2 Å². The van der Waals surface area contributed by atoms with E-state index in [-0.39, 0.29) is 36.0 Å². The summed E-state index contributed by atoms with van der Waals surface area (Å²) in [6.07, 6.45) is -4.26. The monoisotopic (exact) mass is 528 g/mol. The first-order valence-corrected chi connectivity index (χ1v) is 13.1. The van der Waals surface area contributed by atoms with E-state index >= 15 is 0 Å². The second-order valence-electron chi connectivity index (χ2n) is 9.12. The van der Waals surface area contributed by atoms with E-state index in [2.05, 4.69) is 5.16 Å². The first-order valence-electron chi connectivity index (χ1n) is 10.6. The van der Waals surface area contributed by atoms with Gasteiger partial charge in [-0.15, -0.1) is 0 Å². The zero-order valence-corrected chi connectivity index (χ0v) is 20.0. The minimum atomic E-state index is -4.74. The Hall–Kier alpha value is -2.63. The van der Waals surface area contributed by atoms with Crippen LogP contribution in [0.25, 0.3) is 0 Å². The SMILES string of the molecule is CS(=O)(=O)CC(=O)N1CC2(C1)OCc1cc(C3=NOC(c4cccc(Cl)c4)(C(F)(F)F)C3)ccc12. The van der Waals surface area contributed by atoms with E-state index in [9.17, 15) is 26.4 Å². The van der Waals surface area contributed by atoms with E-state index in [0.717, 1.165) is 17.4 Å². The maximum atomic E-state index is 14.2. The Labute approximate surface area is 204 Å². The Morgan fingerprint density at radius 3 is 2.60 bits per heavy atom. The molecule has 35 heavy (non-hydrogen) atoms. The molecule has 2 aromatic rings. The molecule has 2 aromatic carbocycles. The number of hydrogen-bond donors (Lipinski definition) is 0. The van der Waals surface area contributed by atoms with Crippen molar-refractivity contribution < 1.29 is 36.0 Å². The third-order valence-corrected chi connectivity index (χ3v) is 7.55. The summed E-state index contributed by atoms with van der Waals surface area (Å²) < 4.78 is 71.3. The van der Waals surface area contributed by atoms with Crippen molar-refractivity contribution in [3.05, 3.63) is 69.7 Å². The van der Waals surface area contributed by atoms with Crippen LogP contribution in [0.4, 0.5) is 13.2 Å². The number of nitrogens with zero attached hydrogens (tertiary/aromatic N) is 2. The average Bonchev–Trinajstić information content (AvgIpc) is 3.34. The highest BCUT2D eigenvalue weighted by Crippen LogP contribution is 2.50. The van der Waals surface area contributed by atoms with Crippen LogP contribution in [0.5, 0.6) is 0 Å². The summed E-state index contributed by atoms with van der Waals surface area (Å²) in [7, 11) is -3.44. The minimum Gasteiger partial charge on any atom is -0.374 e. The number of amides is 1. The van der Waals surface area contributed by atoms with Gasteiger partial charge in [0.05, 0.1) is 25.4 Å². The van der Waals surface area contributed by atoms with E-state index in [1.54, 1.807) is 18.2 Å². The molecule has 0 N–H and O–H groups in total. The lowest BCUT2D eigenvalue weighted by molar-refractivity contribution is -0.275. The number of carbonyl (C=O) groups is 1. The zero-order valence-electron chi connectivity index (χ0n) is 18.4. The van der Waals surface area contributed by atoms with Gasteiger partial charge in [-0.25, -0.2) is 8.42 Å². The third kappa shape index (κ3) is 4.09. The molecule has 0 bridgehead atoms. The number of ether oxygens (including phenoxy) is 1. The van der Waals surface area contributed by atoms with E-state index in [1.807, 2.05) is 0 Å². The van der Waals surface area contributed by atoms with E-state index in [1.165, 1.54) is 29.2 Å². The molecule has 3 aliphatic heterocycles. The number of oxime groups is 1. The minimum absolute atomic E-state index is 0.131. The highest BCUT2D eigenvalue weighted by molar-refractivity contribution is 7.91. The van der Waals surface area contributed by atoms with Crippen LogP contribution in [0, 0.1) is 0 Å². The number of alkyl halides is 3. The molecule has 0 aliphatic carbocycles. The van der Waals surface area contributed by atoms with Crippen LogP contribution >= 0.6 is 11.6 Å². The van der Waals surface area contributed by atoms with Crippen molar-refractivity contribution in [3.63, 3.8) is 0 Å². The summed E-state index contributed by atoms with van der Waals surface area (Å²) in [5.41, 5.74) is -1.31. The molecule has 0 aromatic heterocycles. The number of likely N-dealkylation sites (tertiary alicyclic amines) is 1. The van der Waals surface area contributed by atoms with Gasteiger partial charge in [0.15, 0.2) is 9.84 Å². The van der Waals surface area contributed by atoms with Gasteiger partial charge in [-0.3, -0.25) is 4.79 Å². The number of fused-ring (bicyclic) bond motifs is 2. The normalized spacial score (nSPS) is 23.0. The van der Waals surface area contributed by atoms with Gasteiger partial charge in [0.2, 0.25) is 5.91 Å². The Morgan fingerprint density at radius 1 is 1.20 bits per heavy atom. The molecule has 12 heteroatoms. The molecule has 0 radical (unpaired) electrons. The first-order chi connectivity index (χ1) is 16.3. The fraction of sp³-hybridized carbons (Fsp3) is 0.391. The lowest BCUT2D eigenvalue weighted by Crippen LogP contribution is -2.62. The number of benzene rings is 2. The molecule has 0 saturated carbocycles. The quantitative estimate of drug-likeness (QED) is 0.606. The van der Waals surface area contributed by atoms with Crippen LogP contribution in [0.3, 0.4) is 0 Å². The van der Waals surface area contributed by atoms with Gasteiger partial charge in [0, 0.05) is 23.3 Å². The van der Waals surface area contributed by atoms with Crippen molar-refractivity contribution >= 4 is 33.1 Å². The summed E-state index contributed by atoms with van der Waals surface area (Å²) in [5, 5.41) is 3.96. The molecule has 3 heterocycles. The van der Waals surface area contributed by atoms with Crippen molar-refractivity contribution in [2.75, 3.05) is 25.1 Å². The number of carbonyl (C=O) groups excluding carboxylic acids is 1. The molecule has 186 valence electrons. The van der Waals surface area contributed by atoms with Gasteiger partial charge in [-0.1, -0.05) is 41.0 Å². The maximum absolute atomic E-state index is 14.2. The molecule has 1 saturated heterocycles. The smallest absolute Gasteiger partial charge is 0.374 e. The summed E-state index contributed by atoms with van der Waals surface area (Å²) in [4.78, 5) is 18.6. The first kappa shape index (κ1) is 24.1. The van der Waals surface area contributed by atoms with Gasteiger partial charge < -0.3 is 14.5 Å². The van der Waals surface area contributed by atoms with Crippen LogP contribution in [0.2, 0.25) is 5.02 Å². The van der Waals surface area contributed by atoms with Crippen LogP contribution in [0.1, 0.15) is 28.7 Å². The number of halogens is 4. The molecule has 1 unspecified atom stereocenters. The molecular weight excluding hydrogens is 509 g/mol. The molecular formula is C23H20ClF3N2O5S. The molecule has 3 aliphatic rings. The van der Waals surface area contributed by atoms with Gasteiger partial charge in [0.25, 0.3) is 5.60 Å². The molecule has 7 nitrogen and oxygen atoms in total. The predicted molar refractivity (Wildman–Crippen MR) is 121 cm³/mol. The van der Waals surface area contributed by atoms with Gasteiger partial charge in [0.1, 0.15) is 11.4 Å². The summed E-state index contributed by atoms with van der Waals surface area (Å²) >= 11 is 5.93. The van der Waals surface area contributed by atoms with Gasteiger partial charge in [-0.05, 0) is 34.9 Å². The van der Waals surface area contributed by atoms with Crippen molar-refractivity contribution in [2.24, 2.45) is 5.16 Å². The molecule has 1 spiro atoms. The van der Waals surface area contributed by atoms with Crippen molar-refractivity contribution in [3.8, 4) is 0 Å². The molecule has 1 atom stereocenters. The Bertz CT molecular complexity index is 1360. The fourth-order valence-corrected chi connectivity index (χ4v) is 5.57. The zero-order chi connectivity index (χ0) is 25.2. The Balaban J connectivity index is 1.36. The standard InChI is InChI=1S/C23H20ClF3N2O5S/c1-35(31,32)11-20(30)29-12-21(13-29)18-6-5-14(7-15(18)10-33-21)19-9-22(34-28-19,23(25,26)27)16-3-2-4-17(24)8-16/h2-8H,9-13H2,1H3. The van der Waals surface area contributed by atoms with Crippen LogP contribution in [0.15, 0.2) is 47.6 Å². The predicted octanol–water partition coefficient (Wildman–Crippen LogP) is 3.53. The van der Waals surface area contributed by atoms with Crippen molar-refractivity contribution in [1.82, 2.24) is 4.90 Å². The second-order valence-corrected chi connectivity index (χ2v) is 11.7. The third-order valence-electron chi connectivity index (χ3n) is 6.54. The summed E-state index contributed by atoms with van der Waals surface area (Å²) in [6.45, 7) is 0.636. The van der Waals surface area contributed by atoms with Gasteiger partial charge >= 0.3 is 6.18 Å². The van der Waals surface area contributed by atoms with E-state index < -0.39 is 45.3 Å². The topological polar surface area (TPSA) is 85.3 Å².